The van der Waals surface area contributed by atoms with Crippen LogP contribution in [0.25, 0.3) is 21.8 Å². The zero-order valence-electron chi connectivity index (χ0n) is 17.0. The van der Waals surface area contributed by atoms with Crippen LogP contribution in [0.1, 0.15) is 26.3 Å². The van der Waals surface area contributed by atoms with Gasteiger partial charge in [0.05, 0.1) is 12.2 Å². The van der Waals surface area contributed by atoms with Gasteiger partial charge in [-0.3, -0.25) is 9.88 Å². The molecule has 3 aromatic heterocycles. The van der Waals surface area contributed by atoms with Crippen LogP contribution in [0.15, 0.2) is 65.7 Å². The SMILES string of the molecule is CC(C)(C)OC(=O)N(Cc1ccc2cncc(Br)c2c1)c1ccnc2ncccc12. The fourth-order valence-corrected chi connectivity index (χ4v) is 3.69. The van der Waals surface area contributed by atoms with Crippen molar-refractivity contribution in [3.63, 3.8) is 0 Å². The number of hydrogen-bond acceptors (Lipinski definition) is 5. The Labute approximate surface area is 183 Å². The number of ether oxygens (including phenoxy) is 1. The highest BCUT2D eigenvalue weighted by molar-refractivity contribution is 9.10. The first kappa shape index (κ1) is 20.2. The van der Waals surface area contributed by atoms with Crippen molar-refractivity contribution in [3.05, 3.63) is 71.2 Å². The molecule has 30 heavy (non-hydrogen) atoms. The summed E-state index contributed by atoms with van der Waals surface area (Å²) in [5.41, 5.74) is 1.63. The molecule has 0 aliphatic carbocycles. The lowest BCUT2D eigenvalue weighted by molar-refractivity contribution is 0.0578. The number of pyridine rings is 3. The van der Waals surface area contributed by atoms with Gasteiger partial charge in [-0.2, -0.15) is 0 Å². The number of fused-ring (bicyclic) bond motifs is 2. The predicted octanol–water partition coefficient (Wildman–Crippen LogP) is 5.88. The van der Waals surface area contributed by atoms with E-state index in [0.717, 1.165) is 26.2 Å². The maximum Gasteiger partial charge on any atom is 0.415 e. The molecule has 0 saturated heterocycles. The highest BCUT2D eigenvalue weighted by atomic mass is 79.9. The number of rotatable bonds is 3. The molecule has 0 N–H and O–H groups in total. The van der Waals surface area contributed by atoms with E-state index >= 15 is 0 Å². The fraction of sp³-hybridized carbons (Fsp3) is 0.217. The molecule has 0 unspecified atom stereocenters. The van der Waals surface area contributed by atoms with Gasteiger partial charge in [0.25, 0.3) is 0 Å². The van der Waals surface area contributed by atoms with Gasteiger partial charge in [-0.1, -0.05) is 12.1 Å². The number of carbonyl (C=O) groups is 1. The van der Waals surface area contributed by atoms with Crippen LogP contribution in [0.5, 0.6) is 0 Å². The monoisotopic (exact) mass is 464 g/mol. The molecule has 0 fully saturated rings. The molecule has 0 atom stereocenters. The van der Waals surface area contributed by atoms with E-state index in [1.54, 1.807) is 23.5 Å². The van der Waals surface area contributed by atoms with Crippen molar-refractivity contribution in [2.45, 2.75) is 32.9 Å². The van der Waals surface area contributed by atoms with Crippen LogP contribution < -0.4 is 4.90 Å². The molecule has 0 aliphatic rings. The minimum Gasteiger partial charge on any atom is -0.443 e. The molecule has 4 rings (SSSR count). The van der Waals surface area contributed by atoms with Crippen molar-refractivity contribution in [1.29, 1.82) is 0 Å². The summed E-state index contributed by atoms with van der Waals surface area (Å²) in [5.74, 6) is 0. The minimum atomic E-state index is -0.617. The topological polar surface area (TPSA) is 68.2 Å². The van der Waals surface area contributed by atoms with Gasteiger partial charge >= 0.3 is 6.09 Å². The highest BCUT2D eigenvalue weighted by Crippen LogP contribution is 2.29. The van der Waals surface area contributed by atoms with E-state index in [1.165, 1.54) is 0 Å². The molecule has 3 heterocycles. The van der Waals surface area contributed by atoms with Crippen molar-refractivity contribution in [2.24, 2.45) is 0 Å². The number of halogens is 1. The molecular formula is C23H21BrN4O2. The third kappa shape index (κ3) is 4.26. The molecule has 0 saturated carbocycles. The lowest BCUT2D eigenvalue weighted by atomic mass is 10.1. The van der Waals surface area contributed by atoms with Crippen LogP contribution in [-0.2, 0) is 11.3 Å². The molecule has 152 valence electrons. The van der Waals surface area contributed by atoms with E-state index < -0.39 is 11.7 Å². The van der Waals surface area contributed by atoms with Crippen LogP contribution in [-0.4, -0.2) is 26.6 Å². The number of hydrogen-bond donors (Lipinski definition) is 0. The number of anilines is 1. The molecule has 1 amide bonds. The summed E-state index contributed by atoms with van der Waals surface area (Å²) in [6.45, 7) is 5.91. The van der Waals surface area contributed by atoms with Gasteiger partial charge in [-0.25, -0.2) is 14.8 Å². The Morgan fingerprint density at radius 1 is 1.07 bits per heavy atom. The number of nitrogens with zero attached hydrogens (tertiary/aromatic N) is 4. The van der Waals surface area contributed by atoms with Crippen molar-refractivity contribution in [3.8, 4) is 0 Å². The van der Waals surface area contributed by atoms with Gasteiger partial charge in [0, 0.05) is 40.0 Å². The molecule has 6 nitrogen and oxygen atoms in total. The molecule has 4 aromatic rings. The molecular weight excluding hydrogens is 444 g/mol. The van der Waals surface area contributed by atoms with Crippen LogP contribution in [0.4, 0.5) is 10.5 Å². The van der Waals surface area contributed by atoms with Crippen LogP contribution >= 0.6 is 15.9 Å². The molecule has 0 bridgehead atoms. The standard InChI is InChI=1S/C23H21BrN4O2/c1-23(2,3)30-22(29)28(20-8-10-27-21-17(20)5-4-9-26-21)14-15-6-7-16-12-25-13-19(24)18(16)11-15/h4-13H,14H2,1-3H3. The van der Waals surface area contributed by atoms with Crippen molar-refractivity contribution >= 4 is 49.5 Å². The summed E-state index contributed by atoms with van der Waals surface area (Å²) in [4.78, 5) is 27.7. The molecule has 0 radical (unpaired) electrons. The van der Waals surface area contributed by atoms with Crippen LogP contribution in [0.3, 0.4) is 0 Å². The van der Waals surface area contributed by atoms with Crippen molar-refractivity contribution in [1.82, 2.24) is 15.0 Å². The number of amides is 1. The summed E-state index contributed by atoms with van der Waals surface area (Å²) in [5, 5.41) is 2.85. The lowest BCUT2D eigenvalue weighted by Gasteiger charge is -2.28. The summed E-state index contributed by atoms with van der Waals surface area (Å²) < 4.78 is 6.62. The third-order valence-electron chi connectivity index (χ3n) is 4.51. The zero-order valence-corrected chi connectivity index (χ0v) is 18.5. The van der Waals surface area contributed by atoms with E-state index in [9.17, 15) is 4.79 Å². The average molecular weight is 465 g/mol. The average Bonchev–Trinajstić information content (AvgIpc) is 2.71. The van der Waals surface area contributed by atoms with E-state index in [0.29, 0.717) is 17.9 Å². The highest BCUT2D eigenvalue weighted by Gasteiger charge is 2.25. The quantitative estimate of drug-likeness (QED) is 0.378. The normalized spacial score (nSPS) is 11.6. The maximum atomic E-state index is 13.2. The maximum absolute atomic E-state index is 13.2. The Balaban J connectivity index is 1.80. The summed E-state index contributed by atoms with van der Waals surface area (Å²) in [6.07, 6.45) is 6.50. The van der Waals surface area contributed by atoms with E-state index in [-0.39, 0.29) is 0 Å². The Hall–Kier alpha value is -3.06. The predicted molar refractivity (Wildman–Crippen MR) is 121 cm³/mol. The van der Waals surface area contributed by atoms with Crippen molar-refractivity contribution in [2.75, 3.05) is 4.90 Å². The Morgan fingerprint density at radius 3 is 2.67 bits per heavy atom. The van der Waals surface area contributed by atoms with Gasteiger partial charge in [0.1, 0.15) is 5.60 Å². The molecule has 0 spiro atoms. The third-order valence-corrected chi connectivity index (χ3v) is 5.15. The first-order valence-corrected chi connectivity index (χ1v) is 10.3. The van der Waals surface area contributed by atoms with Gasteiger partial charge in [-0.05, 0) is 71.9 Å². The molecule has 0 aliphatic heterocycles. The Kier molecular flexibility index (Phi) is 5.39. The summed E-state index contributed by atoms with van der Waals surface area (Å²) in [7, 11) is 0. The van der Waals surface area contributed by atoms with E-state index in [2.05, 4.69) is 36.9 Å². The summed E-state index contributed by atoms with van der Waals surface area (Å²) >= 11 is 3.56. The smallest absolute Gasteiger partial charge is 0.415 e. The first-order chi connectivity index (χ1) is 14.3. The van der Waals surface area contributed by atoms with Gasteiger partial charge in [-0.15, -0.1) is 0 Å². The Morgan fingerprint density at radius 2 is 1.87 bits per heavy atom. The number of benzene rings is 1. The largest absolute Gasteiger partial charge is 0.443 e. The lowest BCUT2D eigenvalue weighted by Crippen LogP contribution is -2.36. The molecule has 7 heteroatoms. The zero-order chi connectivity index (χ0) is 21.3. The second-order valence-electron chi connectivity index (χ2n) is 7.95. The van der Waals surface area contributed by atoms with Gasteiger partial charge in [0.15, 0.2) is 5.65 Å². The summed E-state index contributed by atoms with van der Waals surface area (Å²) in [6, 6.07) is 11.6. The van der Waals surface area contributed by atoms with Crippen LogP contribution in [0, 0.1) is 0 Å². The Bertz CT molecular complexity index is 1230. The van der Waals surface area contributed by atoms with Crippen molar-refractivity contribution < 1.29 is 9.53 Å². The minimum absolute atomic E-state index is 0.341. The second kappa shape index (κ2) is 7.99. The van der Waals surface area contributed by atoms with Gasteiger partial charge in [0.2, 0.25) is 0 Å². The number of carbonyl (C=O) groups excluding carboxylic acids is 1. The molecule has 1 aromatic carbocycles. The van der Waals surface area contributed by atoms with Crippen LogP contribution in [0.2, 0.25) is 0 Å². The van der Waals surface area contributed by atoms with E-state index in [1.807, 2.05) is 57.3 Å². The van der Waals surface area contributed by atoms with E-state index in [4.69, 9.17) is 4.74 Å². The number of aromatic nitrogens is 3. The fourth-order valence-electron chi connectivity index (χ4n) is 3.22. The second-order valence-corrected chi connectivity index (χ2v) is 8.80. The first-order valence-electron chi connectivity index (χ1n) is 9.54. The van der Waals surface area contributed by atoms with Gasteiger partial charge < -0.3 is 4.74 Å².